The summed E-state index contributed by atoms with van der Waals surface area (Å²) in [7, 11) is 0. The zero-order valence-corrected chi connectivity index (χ0v) is 21.9. The Bertz CT molecular complexity index is 1160. The fourth-order valence-corrected chi connectivity index (χ4v) is 4.98. The number of alkyl halides is 1. The molecule has 2 heterocycles. The number of hydrogen-bond donors (Lipinski definition) is 2. The smallest absolute Gasteiger partial charge is 0.320 e. The van der Waals surface area contributed by atoms with E-state index in [1.165, 1.54) is 0 Å². The van der Waals surface area contributed by atoms with Crippen LogP contribution in [-0.4, -0.2) is 68.9 Å². The van der Waals surface area contributed by atoms with Gasteiger partial charge in [0, 0.05) is 37.9 Å². The number of β-amino-alcohol motifs (C(OH)–C–C–N with tert-alkyl or cyclic N) is 1. The molecule has 3 N–H and O–H groups in total. The Hall–Kier alpha value is -3.23. The first-order valence-electron chi connectivity index (χ1n) is 12.9. The van der Waals surface area contributed by atoms with E-state index in [2.05, 4.69) is 16.7 Å². The first kappa shape index (κ1) is 26.8. The van der Waals surface area contributed by atoms with Crippen molar-refractivity contribution in [2.24, 2.45) is 11.1 Å². The van der Waals surface area contributed by atoms with Crippen LogP contribution in [0.5, 0.6) is 0 Å². The number of nitrogens with two attached hydrogens (primary N) is 1. The number of aliphatic hydroxyl groups excluding tert-OH is 1. The Labute approximate surface area is 218 Å². The number of hydrogen-bond acceptors (Lipinski definition) is 4. The van der Waals surface area contributed by atoms with Crippen LogP contribution in [0, 0.1) is 5.41 Å². The molecule has 3 aromatic rings. The zero-order chi connectivity index (χ0) is 26.6. The molecule has 1 unspecified atom stereocenters. The molecule has 2 amide bonds. The van der Waals surface area contributed by atoms with E-state index < -0.39 is 23.7 Å². The van der Waals surface area contributed by atoms with Crippen molar-refractivity contribution >= 4 is 6.03 Å². The molecule has 198 valence electrons. The number of amides is 2. The summed E-state index contributed by atoms with van der Waals surface area (Å²) < 4.78 is 16.9. The van der Waals surface area contributed by atoms with Gasteiger partial charge in [0.2, 0.25) is 0 Å². The lowest BCUT2D eigenvalue weighted by Crippen LogP contribution is -2.51. The number of benzene rings is 2. The zero-order valence-electron chi connectivity index (χ0n) is 21.9. The molecule has 37 heavy (non-hydrogen) atoms. The Morgan fingerprint density at radius 3 is 2.38 bits per heavy atom. The Morgan fingerprint density at radius 1 is 1.16 bits per heavy atom. The Kier molecular flexibility index (Phi) is 8.29. The second-order valence-electron chi connectivity index (χ2n) is 10.9. The van der Waals surface area contributed by atoms with E-state index in [1.54, 1.807) is 9.80 Å². The van der Waals surface area contributed by atoms with E-state index in [0.717, 1.165) is 16.8 Å². The highest BCUT2D eigenvalue weighted by Crippen LogP contribution is 2.40. The van der Waals surface area contributed by atoms with Crippen LogP contribution >= 0.6 is 0 Å². The second kappa shape index (κ2) is 11.4. The van der Waals surface area contributed by atoms with Crippen LogP contribution in [0.1, 0.15) is 44.6 Å². The van der Waals surface area contributed by atoms with Gasteiger partial charge in [0.05, 0.1) is 24.4 Å². The molecule has 0 radical (unpaired) electrons. The van der Waals surface area contributed by atoms with Gasteiger partial charge in [0.1, 0.15) is 12.0 Å². The predicted octanol–water partition coefficient (Wildman–Crippen LogP) is 4.47. The van der Waals surface area contributed by atoms with Crippen LogP contribution in [0.15, 0.2) is 66.9 Å². The summed E-state index contributed by atoms with van der Waals surface area (Å²) in [4.78, 5) is 22.1. The van der Waals surface area contributed by atoms with Crippen molar-refractivity contribution in [1.82, 2.24) is 19.4 Å². The van der Waals surface area contributed by atoms with Gasteiger partial charge in [-0.3, -0.25) is 0 Å². The molecule has 2 aromatic carbocycles. The van der Waals surface area contributed by atoms with Gasteiger partial charge in [-0.2, -0.15) is 0 Å². The number of carbonyl (C=O) groups excluding carboxylic acids is 1. The summed E-state index contributed by atoms with van der Waals surface area (Å²) in [5, 5.41) is 10.1. The monoisotopic (exact) mass is 507 g/mol. The predicted molar refractivity (Wildman–Crippen MR) is 144 cm³/mol. The van der Waals surface area contributed by atoms with Crippen LogP contribution in [0.25, 0.3) is 11.3 Å². The fraction of sp³-hybridized carbons (Fsp3) is 0.448. The van der Waals surface area contributed by atoms with Crippen molar-refractivity contribution in [2.75, 3.05) is 26.2 Å². The quantitative estimate of drug-likeness (QED) is 0.471. The van der Waals surface area contributed by atoms with Crippen LogP contribution in [-0.2, 0) is 6.54 Å². The standard InChI is InChI=1S/C29H38FN5O2/c1-29(2,3)26(35(18-23(30)16-31)28(37)33-15-14-24(36)19-33)27-32-25(22-12-8-5-9-13-22)20-34(27)17-21-10-6-4-7-11-21/h4-13,20,23-24,26,36H,14-19,31H2,1-3H3/t23-,24?,26+/m1/s1. The molecule has 8 heteroatoms. The van der Waals surface area contributed by atoms with Gasteiger partial charge < -0.3 is 25.2 Å². The summed E-state index contributed by atoms with van der Waals surface area (Å²) >= 11 is 0. The highest BCUT2D eigenvalue weighted by atomic mass is 19.1. The normalized spacial score (nSPS) is 17.6. The maximum absolute atomic E-state index is 14.9. The van der Waals surface area contributed by atoms with Crippen molar-refractivity contribution in [3.63, 3.8) is 0 Å². The number of nitrogens with zero attached hydrogens (tertiary/aromatic N) is 4. The summed E-state index contributed by atoms with van der Waals surface area (Å²) in [5.41, 5.74) is 8.05. The van der Waals surface area contributed by atoms with Crippen LogP contribution in [0.4, 0.5) is 9.18 Å². The van der Waals surface area contributed by atoms with Crippen LogP contribution in [0.3, 0.4) is 0 Å². The van der Waals surface area contributed by atoms with Crippen LogP contribution < -0.4 is 5.73 Å². The number of urea groups is 1. The van der Waals surface area contributed by atoms with Crippen molar-refractivity contribution in [3.8, 4) is 11.3 Å². The third-order valence-electron chi connectivity index (χ3n) is 6.78. The summed E-state index contributed by atoms with van der Waals surface area (Å²) in [6.45, 7) is 7.01. The first-order chi connectivity index (χ1) is 17.7. The molecule has 1 saturated heterocycles. The molecule has 0 spiro atoms. The Morgan fingerprint density at radius 2 is 1.81 bits per heavy atom. The average Bonchev–Trinajstić information content (AvgIpc) is 3.50. The molecule has 0 bridgehead atoms. The largest absolute Gasteiger partial charge is 0.391 e. The number of rotatable bonds is 8. The van der Waals surface area contributed by atoms with Gasteiger partial charge in [-0.1, -0.05) is 81.4 Å². The summed E-state index contributed by atoms with van der Waals surface area (Å²) in [6, 6.07) is 19.1. The Balaban J connectivity index is 1.83. The van der Waals surface area contributed by atoms with Gasteiger partial charge in [-0.25, -0.2) is 14.2 Å². The topological polar surface area (TPSA) is 87.6 Å². The lowest BCUT2D eigenvalue weighted by Gasteiger charge is -2.42. The molecule has 0 aliphatic carbocycles. The van der Waals surface area contributed by atoms with Gasteiger partial charge in [-0.15, -0.1) is 0 Å². The third-order valence-corrected chi connectivity index (χ3v) is 6.78. The summed E-state index contributed by atoms with van der Waals surface area (Å²) in [6.07, 6.45) is 0.567. The molecule has 0 saturated carbocycles. The molecule has 1 aliphatic heterocycles. The number of aromatic nitrogens is 2. The van der Waals surface area contributed by atoms with E-state index >= 15 is 0 Å². The van der Waals surface area contributed by atoms with Gasteiger partial charge >= 0.3 is 6.03 Å². The van der Waals surface area contributed by atoms with Crippen molar-refractivity contribution in [1.29, 1.82) is 0 Å². The molecule has 1 aromatic heterocycles. The maximum atomic E-state index is 14.9. The molecule has 7 nitrogen and oxygen atoms in total. The average molecular weight is 508 g/mol. The summed E-state index contributed by atoms with van der Waals surface area (Å²) in [5.74, 6) is 0.688. The van der Waals surface area contributed by atoms with Crippen LogP contribution in [0.2, 0.25) is 0 Å². The van der Waals surface area contributed by atoms with Gasteiger partial charge in [-0.05, 0) is 17.4 Å². The first-order valence-corrected chi connectivity index (χ1v) is 12.9. The van der Waals surface area contributed by atoms with Gasteiger partial charge in [0.25, 0.3) is 0 Å². The highest BCUT2D eigenvalue weighted by Gasteiger charge is 2.41. The van der Waals surface area contributed by atoms with E-state index in [9.17, 15) is 14.3 Å². The van der Waals surface area contributed by atoms with Crippen molar-refractivity contribution in [2.45, 2.75) is 52.1 Å². The van der Waals surface area contributed by atoms with Crippen molar-refractivity contribution < 1.29 is 14.3 Å². The minimum Gasteiger partial charge on any atom is -0.391 e. The maximum Gasteiger partial charge on any atom is 0.320 e. The number of imidazole rings is 1. The number of halogens is 1. The minimum absolute atomic E-state index is 0.150. The van der Waals surface area contributed by atoms with Gasteiger partial charge in [0.15, 0.2) is 0 Å². The molecule has 4 rings (SSSR count). The lowest BCUT2D eigenvalue weighted by molar-refractivity contribution is 0.0688. The number of aliphatic hydroxyl groups is 1. The molecular weight excluding hydrogens is 469 g/mol. The minimum atomic E-state index is -1.38. The second-order valence-corrected chi connectivity index (χ2v) is 10.9. The SMILES string of the molecule is CC(C)(C)[C@H](c1nc(-c2ccccc2)cn1Cc1ccccc1)N(C[C@H](F)CN)C(=O)N1CCC(O)C1. The van der Waals surface area contributed by atoms with E-state index in [-0.39, 0.29) is 25.7 Å². The molecule has 1 fully saturated rings. The number of likely N-dealkylation sites (tertiary alicyclic amines) is 1. The van der Waals surface area contributed by atoms with E-state index in [4.69, 9.17) is 10.7 Å². The van der Waals surface area contributed by atoms with E-state index in [1.807, 2.05) is 75.5 Å². The highest BCUT2D eigenvalue weighted by molar-refractivity contribution is 5.75. The molecular formula is C29H38FN5O2. The fourth-order valence-electron chi connectivity index (χ4n) is 4.98. The lowest BCUT2D eigenvalue weighted by atomic mass is 9.84. The number of carbonyl (C=O) groups is 1. The van der Waals surface area contributed by atoms with Crippen molar-refractivity contribution in [3.05, 3.63) is 78.2 Å². The third kappa shape index (κ3) is 6.37. The molecule has 3 atom stereocenters. The van der Waals surface area contributed by atoms with E-state index in [0.29, 0.717) is 25.3 Å². The molecule has 1 aliphatic rings.